The normalized spacial score (nSPS) is 19.6. The molecule has 10 nitrogen and oxygen atoms in total. The van der Waals surface area contributed by atoms with Crippen molar-refractivity contribution in [3.63, 3.8) is 0 Å². The molecule has 6 rings (SSSR count). The Hall–Kier alpha value is -4.00. The number of anilines is 1. The fourth-order valence-electron chi connectivity index (χ4n) is 5.59. The van der Waals surface area contributed by atoms with Gasteiger partial charge in [0.2, 0.25) is 0 Å². The Bertz CT molecular complexity index is 1730. The van der Waals surface area contributed by atoms with Gasteiger partial charge >= 0.3 is 6.01 Å². The van der Waals surface area contributed by atoms with E-state index < -0.39 is 22.7 Å². The number of carbonyl (C=O) groups excluding carboxylic acids is 1. The number of hydrogen-bond donors (Lipinski definition) is 1. The summed E-state index contributed by atoms with van der Waals surface area (Å²) in [6.07, 6.45) is 4.09. The van der Waals surface area contributed by atoms with Crippen LogP contribution in [0.2, 0.25) is 0 Å². The molecule has 1 aliphatic carbocycles. The Kier molecular flexibility index (Phi) is 8.08. The van der Waals surface area contributed by atoms with Gasteiger partial charge in [0.05, 0.1) is 30.6 Å². The van der Waals surface area contributed by atoms with Crippen molar-refractivity contribution in [2.45, 2.75) is 38.7 Å². The molecule has 0 spiro atoms. The predicted molar refractivity (Wildman–Crippen MR) is 159 cm³/mol. The van der Waals surface area contributed by atoms with E-state index in [4.69, 9.17) is 18.9 Å². The summed E-state index contributed by atoms with van der Waals surface area (Å²) < 4.78 is 54.1. The molecule has 12 heteroatoms. The van der Waals surface area contributed by atoms with Crippen molar-refractivity contribution in [1.29, 1.82) is 0 Å². The van der Waals surface area contributed by atoms with Crippen LogP contribution < -0.4 is 14.4 Å². The maximum Gasteiger partial charge on any atom is 0.319 e. The molecule has 44 heavy (non-hydrogen) atoms. The number of rotatable bonds is 10. The lowest BCUT2D eigenvalue weighted by molar-refractivity contribution is -0.113. The van der Waals surface area contributed by atoms with Gasteiger partial charge in [-0.1, -0.05) is 13.0 Å². The first kappa shape index (κ1) is 30.0. The standard InChI is InChI=1S/C32H34F2N4O6/c1-4-21-24(33)6-5-19-11-20(44-18-41-3)12-22(25(19)21)27-26(34)28-23(13-35-27)29(38-9-10-42-16-31(2,40)14-38)37-30(36-28)43-17-32(15-39)7-8-32/h5-6,11-13,15,40H,4,7-10,14,16-18H2,1-3H3/t31-/m0/s1. The molecule has 1 saturated heterocycles. The maximum absolute atomic E-state index is 16.8. The van der Waals surface area contributed by atoms with Crippen molar-refractivity contribution in [1.82, 2.24) is 15.0 Å². The first-order chi connectivity index (χ1) is 21.2. The van der Waals surface area contributed by atoms with Gasteiger partial charge in [0, 0.05) is 25.4 Å². The van der Waals surface area contributed by atoms with E-state index >= 15 is 8.78 Å². The van der Waals surface area contributed by atoms with E-state index in [2.05, 4.69) is 15.0 Å². The van der Waals surface area contributed by atoms with Crippen LogP contribution in [0.1, 0.15) is 32.3 Å². The average Bonchev–Trinajstić information content (AvgIpc) is 3.83. The number of carbonyl (C=O) groups is 1. The van der Waals surface area contributed by atoms with E-state index in [9.17, 15) is 9.90 Å². The number of fused-ring (bicyclic) bond motifs is 2. The highest BCUT2D eigenvalue weighted by atomic mass is 19.1. The maximum atomic E-state index is 16.8. The Morgan fingerprint density at radius 3 is 2.73 bits per heavy atom. The third-order valence-corrected chi connectivity index (χ3v) is 8.12. The van der Waals surface area contributed by atoms with Crippen LogP contribution in [0.4, 0.5) is 14.6 Å². The smallest absolute Gasteiger partial charge is 0.319 e. The Labute approximate surface area is 252 Å². The zero-order chi connectivity index (χ0) is 31.1. The van der Waals surface area contributed by atoms with Gasteiger partial charge in [-0.25, -0.2) is 8.78 Å². The van der Waals surface area contributed by atoms with E-state index in [1.807, 2.05) is 6.92 Å². The fraction of sp³-hybridized carbons (Fsp3) is 0.438. The third kappa shape index (κ3) is 5.76. The van der Waals surface area contributed by atoms with Crippen LogP contribution in [-0.2, 0) is 20.7 Å². The van der Waals surface area contributed by atoms with Crippen LogP contribution in [-0.4, -0.2) is 78.8 Å². The molecule has 0 bridgehead atoms. The summed E-state index contributed by atoms with van der Waals surface area (Å²) in [6, 6.07) is 6.25. The van der Waals surface area contributed by atoms with Gasteiger partial charge < -0.3 is 33.7 Å². The Morgan fingerprint density at radius 2 is 2.00 bits per heavy atom. The third-order valence-electron chi connectivity index (χ3n) is 8.12. The number of pyridine rings is 1. The van der Waals surface area contributed by atoms with Crippen molar-refractivity contribution in [3.8, 4) is 23.0 Å². The number of β-amino-alcohol motifs (C(OH)–C–C–N with tert-alkyl or cyclic N) is 1. The molecular formula is C32H34F2N4O6. The van der Waals surface area contributed by atoms with Crippen molar-refractivity contribution in [3.05, 3.63) is 47.7 Å². The molecule has 1 saturated carbocycles. The lowest BCUT2D eigenvalue weighted by atomic mass is 9.94. The highest BCUT2D eigenvalue weighted by molar-refractivity contribution is 6.01. The molecule has 2 fully saturated rings. The van der Waals surface area contributed by atoms with Gasteiger partial charge in [0.1, 0.15) is 47.1 Å². The van der Waals surface area contributed by atoms with Gasteiger partial charge in [0.15, 0.2) is 12.6 Å². The second kappa shape index (κ2) is 11.8. The second-order valence-electron chi connectivity index (χ2n) is 11.8. The number of benzene rings is 2. The molecule has 1 atom stereocenters. The number of hydrogen-bond acceptors (Lipinski definition) is 10. The molecule has 1 aliphatic heterocycles. The summed E-state index contributed by atoms with van der Waals surface area (Å²) in [5.74, 6) is -0.464. The fourth-order valence-corrected chi connectivity index (χ4v) is 5.59. The molecule has 0 radical (unpaired) electrons. The van der Waals surface area contributed by atoms with Crippen LogP contribution in [0.3, 0.4) is 0 Å². The number of aldehydes is 1. The van der Waals surface area contributed by atoms with Gasteiger partial charge in [0.25, 0.3) is 0 Å². The van der Waals surface area contributed by atoms with Gasteiger partial charge in [-0.2, -0.15) is 9.97 Å². The highest BCUT2D eigenvalue weighted by Crippen LogP contribution is 2.44. The number of ether oxygens (including phenoxy) is 4. The Balaban J connectivity index is 1.55. The number of aromatic nitrogens is 3. The lowest BCUT2D eigenvalue weighted by Gasteiger charge is -2.29. The number of methoxy groups -OCH3 is 1. The van der Waals surface area contributed by atoms with Crippen molar-refractivity contribution in [2.75, 3.05) is 51.7 Å². The van der Waals surface area contributed by atoms with E-state index in [1.165, 1.54) is 19.4 Å². The number of aryl methyl sites for hydroxylation is 1. The monoisotopic (exact) mass is 608 g/mol. The van der Waals surface area contributed by atoms with Crippen molar-refractivity contribution < 1.29 is 37.6 Å². The zero-order valence-corrected chi connectivity index (χ0v) is 24.9. The molecule has 2 aromatic carbocycles. The summed E-state index contributed by atoms with van der Waals surface area (Å²) in [5.41, 5.74) is -1.17. The van der Waals surface area contributed by atoms with Gasteiger partial charge in [-0.3, -0.25) is 4.98 Å². The topological polar surface area (TPSA) is 116 Å². The molecule has 232 valence electrons. The summed E-state index contributed by atoms with van der Waals surface area (Å²) >= 11 is 0. The minimum Gasteiger partial charge on any atom is -0.468 e. The highest BCUT2D eigenvalue weighted by Gasteiger charge is 2.44. The number of halogens is 2. The molecule has 0 amide bonds. The predicted octanol–water partition coefficient (Wildman–Crippen LogP) is 4.61. The van der Waals surface area contributed by atoms with Crippen LogP contribution in [0.25, 0.3) is 32.9 Å². The largest absolute Gasteiger partial charge is 0.468 e. The average molecular weight is 609 g/mol. The minimum atomic E-state index is -1.20. The van der Waals surface area contributed by atoms with Crippen LogP contribution in [0, 0.1) is 17.0 Å². The molecule has 3 heterocycles. The molecule has 2 aliphatic rings. The van der Waals surface area contributed by atoms with Crippen molar-refractivity contribution in [2.24, 2.45) is 5.41 Å². The zero-order valence-electron chi connectivity index (χ0n) is 24.9. The quantitative estimate of drug-likeness (QED) is 0.202. The summed E-state index contributed by atoms with van der Waals surface area (Å²) in [6.45, 7) is 4.46. The first-order valence-corrected chi connectivity index (χ1v) is 14.6. The van der Waals surface area contributed by atoms with Gasteiger partial charge in [-0.15, -0.1) is 0 Å². The second-order valence-corrected chi connectivity index (χ2v) is 11.8. The molecular weight excluding hydrogens is 574 g/mol. The van der Waals surface area contributed by atoms with E-state index in [0.717, 1.165) is 6.29 Å². The molecule has 1 N–H and O–H groups in total. The summed E-state index contributed by atoms with van der Waals surface area (Å²) in [5, 5.41) is 12.3. The molecule has 0 unspecified atom stereocenters. The molecule has 2 aromatic heterocycles. The van der Waals surface area contributed by atoms with Gasteiger partial charge in [-0.05, 0) is 60.7 Å². The van der Waals surface area contributed by atoms with Crippen LogP contribution in [0.5, 0.6) is 11.8 Å². The van der Waals surface area contributed by atoms with Crippen molar-refractivity contribution >= 4 is 33.8 Å². The SMILES string of the molecule is CCc1c(F)ccc2cc(OCOC)cc(-c3ncc4c(N5CCOC[C@@](C)(O)C5)nc(OCC5(C=O)CC5)nc4c3F)c12. The van der Waals surface area contributed by atoms with Crippen LogP contribution >= 0.6 is 0 Å². The van der Waals surface area contributed by atoms with E-state index in [-0.39, 0.29) is 43.8 Å². The summed E-state index contributed by atoms with van der Waals surface area (Å²) in [4.78, 5) is 27.0. The lowest BCUT2D eigenvalue weighted by Crippen LogP contribution is -2.42. The van der Waals surface area contributed by atoms with E-state index in [0.29, 0.717) is 71.3 Å². The Morgan fingerprint density at radius 1 is 1.18 bits per heavy atom. The summed E-state index contributed by atoms with van der Waals surface area (Å²) in [7, 11) is 1.49. The van der Waals surface area contributed by atoms with E-state index in [1.54, 1.807) is 30.0 Å². The first-order valence-electron chi connectivity index (χ1n) is 14.6. The minimum absolute atomic E-state index is 0.0384. The number of nitrogens with zero attached hydrogens (tertiary/aromatic N) is 4. The van der Waals surface area contributed by atoms with Crippen LogP contribution in [0.15, 0.2) is 30.5 Å². The number of aliphatic hydroxyl groups is 1. The molecule has 4 aromatic rings.